The molecule has 0 unspecified atom stereocenters. The third-order valence-electron chi connectivity index (χ3n) is 3.56. The topological polar surface area (TPSA) is 50.7 Å². The molecule has 1 aliphatic heterocycles. The average Bonchev–Trinajstić information content (AvgIpc) is 2.86. The maximum absolute atomic E-state index is 12.2. The van der Waals surface area contributed by atoms with Gasteiger partial charge < -0.3 is 10.1 Å². The summed E-state index contributed by atoms with van der Waals surface area (Å²) in [5.74, 6) is 0.435. The molecule has 128 valence electrons. The number of halogens is 1. The molecule has 4 nitrogen and oxygen atoms in total. The van der Waals surface area contributed by atoms with Crippen molar-refractivity contribution in [3.63, 3.8) is 0 Å². The maximum atomic E-state index is 12.2. The molecule has 1 fully saturated rings. The Morgan fingerprint density at radius 1 is 1.16 bits per heavy atom. The summed E-state index contributed by atoms with van der Waals surface area (Å²) in [6.07, 6.45) is 1.79. The number of carbonyl (C=O) groups is 1. The summed E-state index contributed by atoms with van der Waals surface area (Å²) < 4.78 is 5.14. The van der Waals surface area contributed by atoms with Gasteiger partial charge in [-0.3, -0.25) is 4.79 Å². The third-order valence-corrected chi connectivity index (χ3v) is 4.77. The third kappa shape index (κ3) is 4.24. The number of nitrogens with zero attached hydrogens (tertiary/aromatic N) is 1. The zero-order valence-corrected chi connectivity index (χ0v) is 15.7. The van der Waals surface area contributed by atoms with Crippen LogP contribution in [0.1, 0.15) is 16.7 Å². The normalized spacial score (nSPS) is 17.2. The Labute approximate surface area is 155 Å². The molecule has 0 saturated carbocycles. The second-order valence-electron chi connectivity index (χ2n) is 5.72. The fraction of sp³-hybridized carbons (Fsp3) is 0.158. The van der Waals surface area contributed by atoms with Gasteiger partial charge in [-0.05, 0) is 72.6 Å². The zero-order chi connectivity index (χ0) is 18.0. The second kappa shape index (κ2) is 7.33. The van der Waals surface area contributed by atoms with Crippen molar-refractivity contribution >= 4 is 46.2 Å². The van der Waals surface area contributed by atoms with Crippen LogP contribution in [-0.4, -0.2) is 18.2 Å². The van der Waals surface area contributed by atoms with Crippen molar-refractivity contribution in [3.8, 4) is 5.75 Å². The predicted octanol–water partition coefficient (Wildman–Crippen LogP) is 4.86. The Balaban J connectivity index is 1.84. The van der Waals surface area contributed by atoms with Crippen molar-refractivity contribution in [2.24, 2.45) is 4.99 Å². The van der Waals surface area contributed by atoms with Gasteiger partial charge in [0, 0.05) is 0 Å². The second-order valence-corrected chi connectivity index (χ2v) is 7.16. The Morgan fingerprint density at radius 2 is 1.88 bits per heavy atom. The first-order valence-corrected chi connectivity index (χ1v) is 8.85. The molecular formula is C19H17ClN2O2S. The van der Waals surface area contributed by atoms with Crippen molar-refractivity contribution in [3.05, 3.63) is 63.0 Å². The van der Waals surface area contributed by atoms with E-state index in [2.05, 4.69) is 16.4 Å². The lowest BCUT2D eigenvalue weighted by Crippen LogP contribution is -2.19. The number of hydrogen-bond acceptors (Lipinski definition) is 4. The number of carbonyl (C=O) groups excluding carboxylic acids is 1. The highest BCUT2D eigenvalue weighted by Gasteiger charge is 2.23. The van der Waals surface area contributed by atoms with Gasteiger partial charge in [-0.15, -0.1) is 0 Å². The molecule has 1 amide bonds. The van der Waals surface area contributed by atoms with E-state index in [0.29, 0.717) is 20.8 Å². The van der Waals surface area contributed by atoms with E-state index in [0.717, 1.165) is 22.4 Å². The van der Waals surface area contributed by atoms with Gasteiger partial charge in [0.25, 0.3) is 5.91 Å². The minimum absolute atomic E-state index is 0.167. The Hall–Kier alpha value is -2.24. The molecule has 2 aromatic carbocycles. The highest BCUT2D eigenvalue weighted by molar-refractivity contribution is 8.18. The molecular weight excluding hydrogens is 356 g/mol. The van der Waals surface area contributed by atoms with Crippen molar-refractivity contribution in [1.29, 1.82) is 0 Å². The van der Waals surface area contributed by atoms with Crippen LogP contribution >= 0.6 is 23.4 Å². The number of hydrogen-bond donors (Lipinski definition) is 1. The summed E-state index contributed by atoms with van der Waals surface area (Å²) in [5.41, 5.74) is 3.93. The van der Waals surface area contributed by atoms with E-state index < -0.39 is 0 Å². The van der Waals surface area contributed by atoms with Gasteiger partial charge in [-0.25, -0.2) is 4.99 Å². The van der Waals surface area contributed by atoms with Gasteiger partial charge in [0.1, 0.15) is 5.75 Å². The molecule has 1 N–H and O–H groups in total. The van der Waals surface area contributed by atoms with Crippen molar-refractivity contribution in [1.82, 2.24) is 5.32 Å². The molecule has 0 bridgehead atoms. The van der Waals surface area contributed by atoms with Crippen LogP contribution in [0.25, 0.3) is 6.08 Å². The summed E-state index contributed by atoms with van der Waals surface area (Å²) in [7, 11) is 1.56. The molecule has 1 heterocycles. The number of aryl methyl sites for hydroxylation is 2. The lowest BCUT2D eigenvalue weighted by molar-refractivity contribution is -0.115. The molecule has 0 spiro atoms. The Kier molecular flexibility index (Phi) is 5.16. The maximum Gasteiger partial charge on any atom is 0.264 e. The van der Waals surface area contributed by atoms with E-state index in [1.165, 1.54) is 11.8 Å². The monoisotopic (exact) mass is 372 g/mol. The summed E-state index contributed by atoms with van der Waals surface area (Å²) >= 11 is 7.44. The van der Waals surface area contributed by atoms with E-state index in [-0.39, 0.29) is 5.91 Å². The number of benzene rings is 2. The number of nitrogens with one attached hydrogen (secondary N) is 1. The first-order chi connectivity index (χ1) is 11.9. The van der Waals surface area contributed by atoms with E-state index in [9.17, 15) is 4.79 Å². The smallest absolute Gasteiger partial charge is 0.264 e. The lowest BCUT2D eigenvalue weighted by Gasteiger charge is -2.03. The number of methoxy groups -OCH3 is 1. The van der Waals surface area contributed by atoms with Crippen LogP contribution in [0.2, 0.25) is 5.02 Å². The Bertz CT molecular complexity index is 886. The van der Waals surface area contributed by atoms with Crippen LogP contribution in [-0.2, 0) is 4.79 Å². The molecule has 3 rings (SSSR count). The predicted molar refractivity (Wildman–Crippen MR) is 105 cm³/mol. The minimum atomic E-state index is -0.167. The first kappa shape index (κ1) is 17.6. The molecule has 25 heavy (non-hydrogen) atoms. The number of thioether (sulfide) groups is 1. The average molecular weight is 373 g/mol. The minimum Gasteiger partial charge on any atom is -0.495 e. The van der Waals surface area contributed by atoms with Gasteiger partial charge in [0.2, 0.25) is 0 Å². The van der Waals surface area contributed by atoms with Crippen LogP contribution in [0.4, 0.5) is 5.69 Å². The number of amidine groups is 1. The molecule has 1 aliphatic rings. The molecule has 0 radical (unpaired) electrons. The van der Waals surface area contributed by atoms with Crippen LogP contribution in [0, 0.1) is 13.8 Å². The number of rotatable bonds is 3. The van der Waals surface area contributed by atoms with Crippen molar-refractivity contribution in [2.75, 3.05) is 7.11 Å². The largest absolute Gasteiger partial charge is 0.495 e. The van der Waals surface area contributed by atoms with Gasteiger partial charge in [0.05, 0.1) is 22.7 Å². The number of aliphatic imine (C=N–C) groups is 1. The molecule has 0 atom stereocenters. The van der Waals surface area contributed by atoms with Crippen LogP contribution < -0.4 is 10.1 Å². The summed E-state index contributed by atoms with van der Waals surface area (Å²) in [6, 6.07) is 11.4. The summed E-state index contributed by atoms with van der Waals surface area (Å²) in [6.45, 7) is 4.05. The lowest BCUT2D eigenvalue weighted by atomic mass is 10.1. The quantitative estimate of drug-likeness (QED) is 0.783. The zero-order valence-electron chi connectivity index (χ0n) is 14.1. The fourth-order valence-corrected chi connectivity index (χ4v) is 3.64. The summed E-state index contributed by atoms with van der Waals surface area (Å²) in [5, 5.41) is 3.87. The molecule has 6 heteroatoms. The van der Waals surface area contributed by atoms with Gasteiger partial charge in [-0.1, -0.05) is 23.7 Å². The van der Waals surface area contributed by atoms with Crippen molar-refractivity contribution in [2.45, 2.75) is 13.8 Å². The highest BCUT2D eigenvalue weighted by atomic mass is 35.5. The molecule has 1 saturated heterocycles. The van der Waals surface area contributed by atoms with Crippen LogP contribution in [0.5, 0.6) is 5.75 Å². The van der Waals surface area contributed by atoms with E-state index >= 15 is 0 Å². The standard InChI is InChI=1S/C19H17ClN2O2S/c1-11-6-12(2)8-14(7-11)21-19-22-18(23)17(25-19)10-13-4-5-16(24-3)15(20)9-13/h4-10H,1-3H3,(H,21,22,23)/b17-10+. The van der Waals surface area contributed by atoms with Gasteiger partial charge >= 0.3 is 0 Å². The summed E-state index contributed by atoms with van der Waals surface area (Å²) in [4.78, 5) is 17.3. The SMILES string of the molecule is COc1ccc(/C=C2/SC(=Nc3cc(C)cc(C)c3)NC2=O)cc1Cl. The molecule has 0 aliphatic carbocycles. The van der Waals surface area contributed by atoms with E-state index in [4.69, 9.17) is 16.3 Å². The van der Waals surface area contributed by atoms with Crippen molar-refractivity contribution < 1.29 is 9.53 Å². The molecule has 0 aromatic heterocycles. The highest BCUT2D eigenvalue weighted by Crippen LogP contribution is 2.31. The van der Waals surface area contributed by atoms with E-state index in [1.54, 1.807) is 25.3 Å². The van der Waals surface area contributed by atoms with E-state index in [1.807, 2.05) is 32.0 Å². The van der Waals surface area contributed by atoms with Crippen LogP contribution in [0.3, 0.4) is 0 Å². The Morgan fingerprint density at radius 3 is 2.52 bits per heavy atom. The van der Waals surface area contributed by atoms with Gasteiger partial charge in [-0.2, -0.15) is 0 Å². The molecule has 2 aromatic rings. The number of amides is 1. The fourth-order valence-electron chi connectivity index (χ4n) is 2.54. The van der Waals surface area contributed by atoms with Crippen LogP contribution in [0.15, 0.2) is 46.3 Å². The number of ether oxygens (including phenoxy) is 1. The first-order valence-electron chi connectivity index (χ1n) is 7.66. The van der Waals surface area contributed by atoms with Gasteiger partial charge in [0.15, 0.2) is 5.17 Å².